The molecule has 0 saturated carbocycles. The average Bonchev–Trinajstić information content (AvgIpc) is 2.56. The molecule has 2 nitrogen and oxygen atoms in total. The molecular formula is C17H14BrF6N2P. The topological polar surface area (TPSA) is 16.8 Å². The number of pyridine rings is 2. The molecule has 3 rings (SSSR count). The zero-order chi connectivity index (χ0) is 20.2. The molecule has 0 aliphatic carbocycles. The number of rotatable bonds is 3. The van der Waals surface area contributed by atoms with Crippen LogP contribution in [0.2, 0.25) is 0 Å². The van der Waals surface area contributed by atoms with Gasteiger partial charge in [-0.25, -0.2) is 4.57 Å². The second kappa shape index (κ2) is 7.20. The van der Waals surface area contributed by atoms with Crippen molar-refractivity contribution in [3.05, 3.63) is 83.4 Å². The van der Waals surface area contributed by atoms with Gasteiger partial charge in [0.25, 0.3) is 0 Å². The van der Waals surface area contributed by atoms with Crippen LogP contribution < -0.4 is 4.57 Å². The molecule has 0 atom stereocenters. The molecule has 2 aromatic heterocycles. The van der Waals surface area contributed by atoms with E-state index in [-0.39, 0.29) is 0 Å². The molecule has 0 amide bonds. The molecule has 2 heterocycles. The molecule has 146 valence electrons. The van der Waals surface area contributed by atoms with Gasteiger partial charge in [0.15, 0.2) is 18.9 Å². The van der Waals surface area contributed by atoms with Gasteiger partial charge in [0, 0.05) is 34.6 Å². The zero-order valence-corrected chi connectivity index (χ0v) is 16.1. The number of hydrogen-bond acceptors (Lipinski definition) is 1. The van der Waals surface area contributed by atoms with Crippen molar-refractivity contribution >= 4 is 23.7 Å². The third-order valence-electron chi connectivity index (χ3n) is 3.18. The van der Waals surface area contributed by atoms with Crippen molar-refractivity contribution in [1.29, 1.82) is 0 Å². The molecule has 0 radical (unpaired) electrons. The molecule has 0 fully saturated rings. The van der Waals surface area contributed by atoms with Crippen LogP contribution in [0.4, 0.5) is 25.2 Å². The molecule has 10 heteroatoms. The van der Waals surface area contributed by atoms with Crippen LogP contribution in [0, 0.1) is 0 Å². The Kier molecular flexibility index (Phi) is 5.69. The molecule has 0 aliphatic rings. The Morgan fingerprint density at radius 2 is 1.19 bits per heavy atom. The van der Waals surface area contributed by atoms with Crippen LogP contribution in [0.15, 0.2) is 77.8 Å². The Bertz CT molecular complexity index is 872. The van der Waals surface area contributed by atoms with E-state index in [9.17, 15) is 25.2 Å². The van der Waals surface area contributed by atoms with E-state index >= 15 is 0 Å². The average molecular weight is 471 g/mol. The SMILES string of the molecule is Brc1ccc(C[n+]2ccc(-c3ccncc3)cc2)cc1.F[P-](F)(F)(F)(F)F. The van der Waals surface area contributed by atoms with Crippen LogP contribution in [0.1, 0.15) is 5.56 Å². The van der Waals surface area contributed by atoms with Gasteiger partial charge in [-0.2, -0.15) is 0 Å². The van der Waals surface area contributed by atoms with Crippen LogP contribution in [-0.2, 0) is 6.54 Å². The van der Waals surface area contributed by atoms with Crippen molar-refractivity contribution in [2.45, 2.75) is 6.54 Å². The third kappa shape index (κ3) is 10.1. The Labute approximate surface area is 159 Å². The number of aromatic nitrogens is 2. The summed E-state index contributed by atoms with van der Waals surface area (Å²) in [5.74, 6) is 0. The molecule has 0 saturated heterocycles. The first-order chi connectivity index (χ1) is 12.3. The molecule has 0 aliphatic heterocycles. The van der Waals surface area contributed by atoms with Gasteiger partial charge in [0.1, 0.15) is 0 Å². The van der Waals surface area contributed by atoms with E-state index in [0.717, 1.165) is 11.0 Å². The van der Waals surface area contributed by atoms with Crippen molar-refractivity contribution < 1.29 is 29.7 Å². The second-order valence-electron chi connectivity index (χ2n) is 5.58. The normalized spacial score (nSPS) is 13.7. The minimum atomic E-state index is -10.7. The predicted octanol–water partition coefficient (Wildman–Crippen LogP) is 7.23. The first-order valence-corrected chi connectivity index (χ1v) is 10.3. The molecule has 3 aromatic rings. The van der Waals surface area contributed by atoms with Crippen LogP contribution in [0.25, 0.3) is 11.1 Å². The Morgan fingerprint density at radius 3 is 1.67 bits per heavy atom. The summed E-state index contributed by atoms with van der Waals surface area (Å²) >= 11 is 3.45. The monoisotopic (exact) mass is 470 g/mol. The fourth-order valence-electron chi connectivity index (χ4n) is 2.10. The standard InChI is InChI=1S/C17H14BrN2.F6P/c18-17-3-1-14(2-4-17)13-20-11-7-16(8-12-20)15-5-9-19-10-6-15;1-7(2,3,4,5)6/h1-12H,13H2;/q+1;-1. The number of hydrogen-bond donors (Lipinski definition) is 0. The van der Waals surface area contributed by atoms with Crippen molar-refractivity contribution in [2.24, 2.45) is 0 Å². The molecule has 0 spiro atoms. The number of halogens is 7. The summed E-state index contributed by atoms with van der Waals surface area (Å²) < 4.78 is 62.5. The summed E-state index contributed by atoms with van der Waals surface area (Å²) in [5, 5.41) is 0. The van der Waals surface area contributed by atoms with Gasteiger partial charge >= 0.3 is 33.0 Å². The van der Waals surface area contributed by atoms with E-state index in [0.29, 0.717) is 0 Å². The predicted molar refractivity (Wildman–Crippen MR) is 96.7 cm³/mol. The van der Waals surface area contributed by atoms with Crippen LogP contribution >= 0.6 is 23.7 Å². The summed E-state index contributed by atoms with van der Waals surface area (Å²) in [5.41, 5.74) is 3.69. The van der Waals surface area contributed by atoms with Gasteiger partial charge in [-0.05, 0) is 35.4 Å². The summed E-state index contributed by atoms with van der Waals surface area (Å²) in [6.45, 7) is 0.879. The van der Waals surface area contributed by atoms with Crippen molar-refractivity contribution in [1.82, 2.24) is 4.98 Å². The molecule has 0 bridgehead atoms. The van der Waals surface area contributed by atoms with E-state index in [4.69, 9.17) is 0 Å². The third-order valence-corrected chi connectivity index (χ3v) is 3.71. The van der Waals surface area contributed by atoms with Crippen LogP contribution in [-0.4, -0.2) is 4.98 Å². The van der Waals surface area contributed by atoms with E-state index in [1.54, 1.807) is 0 Å². The van der Waals surface area contributed by atoms with Gasteiger partial charge < -0.3 is 0 Å². The Hall–Kier alpha value is -1.99. The van der Waals surface area contributed by atoms with Gasteiger partial charge in [0.2, 0.25) is 0 Å². The van der Waals surface area contributed by atoms with Gasteiger partial charge in [-0.3, -0.25) is 4.98 Å². The second-order valence-corrected chi connectivity index (χ2v) is 8.41. The number of nitrogens with zero attached hydrogens (tertiary/aromatic N) is 2. The maximum absolute atomic E-state index is 10.7. The van der Waals surface area contributed by atoms with Crippen molar-refractivity contribution in [2.75, 3.05) is 0 Å². The quantitative estimate of drug-likeness (QED) is 0.224. The summed E-state index contributed by atoms with van der Waals surface area (Å²) in [6.07, 6.45) is 7.85. The van der Waals surface area contributed by atoms with E-state index in [1.165, 1.54) is 16.7 Å². The maximum atomic E-state index is 9.87. The summed E-state index contributed by atoms with van der Waals surface area (Å²) in [6, 6.07) is 16.7. The Morgan fingerprint density at radius 1 is 0.741 bits per heavy atom. The van der Waals surface area contributed by atoms with E-state index in [1.807, 2.05) is 24.5 Å². The van der Waals surface area contributed by atoms with Crippen LogP contribution in [0.3, 0.4) is 0 Å². The van der Waals surface area contributed by atoms with Gasteiger partial charge in [0.05, 0.1) is 0 Å². The number of benzene rings is 1. The van der Waals surface area contributed by atoms with Crippen LogP contribution in [0.5, 0.6) is 0 Å². The summed E-state index contributed by atoms with van der Waals surface area (Å²) in [7, 11) is -10.7. The molecule has 27 heavy (non-hydrogen) atoms. The van der Waals surface area contributed by atoms with E-state index < -0.39 is 7.81 Å². The Balaban J connectivity index is 0.000000321. The molecule has 0 unspecified atom stereocenters. The zero-order valence-electron chi connectivity index (χ0n) is 13.6. The van der Waals surface area contributed by atoms with Crippen molar-refractivity contribution in [3.8, 4) is 11.1 Å². The van der Waals surface area contributed by atoms with Gasteiger partial charge in [-0.1, -0.05) is 28.1 Å². The summed E-state index contributed by atoms with van der Waals surface area (Å²) in [4.78, 5) is 4.04. The van der Waals surface area contributed by atoms with Crippen molar-refractivity contribution in [3.63, 3.8) is 0 Å². The van der Waals surface area contributed by atoms with E-state index in [2.05, 4.69) is 74.3 Å². The molecule has 1 aromatic carbocycles. The van der Waals surface area contributed by atoms with Gasteiger partial charge in [-0.15, -0.1) is 0 Å². The molecular weight excluding hydrogens is 457 g/mol. The fourth-order valence-corrected chi connectivity index (χ4v) is 2.36. The first kappa shape index (κ1) is 21.3. The first-order valence-electron chi connectivity index (χ1n) is 7.47. The molecule has 0 N–H and O–H groups in total. The minimum absolute atomic E-state index is 0.879. The fraction of sp³-hybridized carbons (Fsp3) is 0.0588.